The number of benzene rings is 2. The van der Waals surface area contributed by atoms with Gasteiger partial charge in [-0.25, -0.2) is 0 Å². The van der Waals surface area contributed by atoms with Gasteiger partial charge in [-0.15, -0.1) is 0 Å². The highest BCUT2D eigenvalue weighted by Crippen LogP contribution is 2.55. The van der Waals surface area contributed by atoms with Crippen LogP contribution in [0.3, 0.4) is 0 Å². The molecule has 5 unspecified atom stereocenters. The summed E-state index contributed by atoms with van der Waals surface area (Å²) in [6, 6.07) is 16.0. The first-order valence-electron chi connectivity index (χ1n) is 14.5. The Morgan fingerprint density at radius 3 is 2.52 bits per heavy atom. The minimum absolute atomic E-state index is 0.0618. The first-order chi connectivity index (χ1) is 19.4. The first-order valence-corrected chi connectivity index (χ1v) is 14.5. The molecular weight excluding hydrogens is 506 g/mol. The number of hydrogen-bond donors (Lipinski definition) is 2. The van der Waals surface area contributed by atoms with Gasteiger partial charge in [-0.3, -0.25) is 14.4 Å². The summed E-state index contributed by atoms with van der Waals surface area (Å²) in [5, 5.41) is 6.25. The molecule has 6 rings (SSSR count). The van der Waals surface area contributed by atoms with Crippen LogP contribution < -0.4 is 15.4 Å². The summed E-state index contributed by atoms with van der Waals surface area (Å²) >= 11 is 0. The first kappa shape index (κ1) is 26.6. The molecule has 0 radical (unpaired) electrons. The predicted molar refractivity (Wildman–Crippen MR) is 150 cm³/mol. The fourth-order valence-corrected chi connectivity index (χ4v) is 7.04. The molecule has 7 atom stereocenters. The lowest BCUT2D eigenvalue weighted by molar-refractivity contribution is -0.142. The Bertz CT molecular complexity index is 1300. The van der Waals surface area contributed by atoms with Crippen LogP contribution in [-0.4, -0.2) is 53.0 Å². The third kappa shape index (κ3) is 4.58. The molecule has 2 N–H and O–H groups in total. The molecule has 210 valence electrons. The van der Waals surface area contributed by atoms with E-state index >= 15 is 0 Å². The maximum atomic E-state index is 14.2. The average molecular weight is 544 g/mol. The van der Waals surface area contributed by atoms with E-state index in [1.165, 1.54) is 6.42 Å². The van der Waals surface area contributed by atoms with E-state index < -0.39 is 29.6 Å². The van der Waals surface area contributed by atoms with Crippen LogP contribution >= 0.6 is 0 Å². The lowest BCUT2D eigenvalue weighted by Crippen LogP contribution is -2.57. The normalized spacial score (nSPS) is 32.1. The van der Waals surface area contributed by atoms with Crippen LogP contribution in [0.5, 0.6) is 5.75 Å². The second kappa shape index (κ2) is 10.7. The third-order valence-corrected chi connectivity index (χ3v) is 8.99. The Hall–Kier alpha value is -3.65. The third-order valence-electron chi connectivity index (χ3n) is 8.99. The van der Waals surface area contributed by atoms with Crippen molar-refractivity contribution in [2.75, 3.05) is 11.9 Å². The van der Waals surface area contributed by atoms with Crippen LogP contribution in [0.25, 0.3) is 0 Å². The predicted octanol–water partition coefficient (Wildman–Crippen LogP) is 4.07. The zero-order chi connectivity index (χ0) is 27.9. The van der Waals surface area contributed by atoms with Crippen molar-refractivity contribution in [2.24, 2.45) is 17.8 Å². The standard InChI is InChI=1S/C32H37N3O5/c1-3-39-23-15-13-22(14-16-23)33-29(36)26-25-17-18-32(40-25)27(26)31(38)35(19-21-10-5-4-6-11-21)28(32)30(37)34-24-12-8-7-9-20(24)2/h4-6,10-11,13-18,20,24-28H,3,7-9,12,19H2,1-2H3,(H,33,36)(H,34,37)/t20?,24?,25-,26?,27-,28?,32?/m0/s1. The van der Waals surface area contributed by atoms with E-state index in [9.17, 15) is 14.4 Å². The molecule has 2 aromatic carbocycles. The summed E-state index contributed by atoms with van der Waals surface area (Å²) in [5.74, 6) is -1.16. The van der Waals surface area contributed by atoms with Crippen LogP contribution in [-0.2, 0) is 25.7 Å². The largest absolute Gasteiger partial charge is 0.494 e. The molecule has 3 fully saturated rings. The second-order valence-corrected chi connectivity index (χ2v) is 11.5. The lowest BCUT2D eigenvalue weighted by Gasteiger charge is -2.36. The molecule has 4 aliphatic rings. The van der Waals surface area contributed by atoms with Gasteiger partial charge >= 0.3 is 0 Å². The van der Waals surface area contributed by atoms with Gasteiger partial charge in [-0.2, -0.15) is 0 Å². The van der Waals surface area contributed by atoms with Crippen LogP contribution in [0, 0.1) is 17.8 Å². The van der Waals surface area contributed by atoms with E-state index in [2.05, 4.69) is 17.6 Å². The lowest BCUT2D eigenvalue weighted by atomic mass is 9.74. The van der Waals surface area contributed by atoms with Gasteiger partial charge in [0.15, 0.2) is 0 Å². The number of amides is 3. The molecule has 1 aliphatic carbocycles. The summed E-state index contributed by atoms with van der Waals surface area (Å²) in [5.41, 5.74) is 0.352. The van der Waals surface area contributed by atoms with Gasteiger partial charge in [-0.1, -0.05) is 62.2 Å². The van der Waals surface area contributed by atoms with Gasteiger partial charge in [0.2, 0.25) is 17.7 Å². The zero-order valence-corrected chi connectivity index (χ0v) is 23.0. The molecule has 3 amide bonds. The molecular formula is C32H37N3O5. The van der Waals surface area contributed by atoms with Crippen molar-refractivity contribution in [3.05, 3.63) is 72.3 Å². The van der Waals surface area contributed by atoms with Crippen LogP contribution in [0.2, 0.25) is 0 Å². The summed E-state index contributed by atoms with van der Waals surface area (Å²) in [7, 11) is 0. The van der Waals surface area contributed by atoms with Crippen molar-refractivity contribution in [1.29, 1.82) is 0 Å². The molecule has 1 saturated carbocycles. The maximum absolute atomic E-state index is 14.2. The molecule has 0 aromatic heterocycles. The number of ether oxygens (including phenoxy) is 2. The minimum atomic E-state index is -1.18. The number of nitrogens with zero attached hydrogens (tertiary/aromatic N) is 1. The molecule has 2 saturated heterocycles. The van der Waals surface area contributed by atoms with Gasteiger partial charge in [0.25, 0.3) is 0 Å². The SMILES string of the molecule is CCOc1ccc(NC(=O)C2[C@@H]3C=CC4(O3)C(C(=O)NC3CCCCC3C)N(Cc3ccccc3)C(=O)[C@H]24)cc1. The molecule has 3 aliphatic heterocycles. The highest BCUT2D eigenvalue weighted by Gasteiger charge is 2.72. The number of hydrogen-bond acceptors (Lipinski definition) is 5. The van der Waals surface area contributed by atoms with E-state index in [4.69, 9.17) is 9.47 Å². The Labute approximate surface area is 235 Å². The fraction of sp³-hybridized carbons (Fsp3) is 0.469. The Morgan fingerprint density at radius 1 is 1.05 bits per heavy atom. The van der Waals surface area contributed by atoms with E-state index in [1.807, 2.05) is 49.4 Å². The zero-order valence-electron chi connectivity index (χ0n) is 23.0. The van der Waals surface area contributed by atoms with Crippen LogP contribution in [0.4, 0.5) is 5.69 Å². The van der Waals surface area contributed by atoms with Gasteiger partial charge in [0.1, 0.15) is 17.4 Å². The molecule has 40 heavy (non-hydrogen) atoms. The van der Waals surface area contributed by atoms with Crippen LogP contribution in [0.15, 0.2) is 66.7 Å². The van der Waals surface area contributed by atoms with Gasteiger partial charge in [-0.05, 0) is 55.5 Å². The molecule has 1 spiro atoms. The number of carbonyl (C=O) groups excluding carboxylic acids is 3. The van der Waals surface area contributed by atoms with Crippen molar-refractivity contribution < 1.29 is 23.9 Å². The van der Waals surface area contributed by atoms with Gasteiger partial charge in [0.05, 0.1) is 24.5 Å². The Morgan fingerprint density at radius 2 is 1.80 bits per heavy atom. The molecule has 3 heterocycles. The minimum Gasteiger partial charge on any atom is -0.494 e. The quantitative estimate of drug-likeness (QED) is 0.490. The second-order valence-electron chi connectivity index (χ2n) is 11.5. The molecule has 8 heteroatoms. The van der Waals surface area contributed by atoms with Crippen molar-refractivity contribution >= 4 is 23.4 Å². The molecule has 2 aromatic rings. The molecule has 8 nitrogen and oxygen atoms in total. The topological polar surface area (TPSA) is 97.0 Å². The van der Waals surface area contributed by atoms with Crippen molar-refractivity contribution in [2.45, 2.75) is 69.9 Å². The highest BCUT2D eigenvalue weighted by molar-refractivity contribution is 6.02. The summed E-state index contributed by atoms with van der Waals surface area (Å²) in [4.78, 5) is 43.5. The summed E-state index contributed by atoms with van der Waals surface area (Å²) in [6.45, 7) is 4.91. The number of rotatable bonds is 8. The smallest absolute Gasteiger partial charge is 0.246 e. The molecule has 2 bridgehead atoms. The summed E-state index contributed by atoms with van der Waals surface area (Å²) < 4.78 is 12.0. The van der Waals surface area contributed by atoms with Crippen molar-refractivity contribution in [1.82, 2.24) is 10.2 Å². The monoisotopic (exact) mass is 543 g/mol. The van der Waals surface area contributed by atoms with Crippen LogP contribution in [0.1, 0.15) is 45.1 Å². The van der Waals surface area contributed by atoms with E-state index in [1.54, 1.807) is 29.2 Å². The number of anilines is 1. The van der Waals surface area contributed by atoms with E-state index in [0.717, 1.165) is 24.8 Å². The van der Waals surface area contributed by atoms with Gasteiger partial charge in [0, 0.05) is 18.3 Å². The summed E-state index contributed by atoms with van der Waals surface area (Å²) in [6.07, 6.45) is 7.38. The van der Waals surface area contributed by atoms with E-state index in [0.29, 0.717) is 24.0 Å². The number of fused-ring (bicyclic) bond motifs is 1. The Balaban J connectivity index is 1.29. The number of nitrogens with one attached hydrogen (secondary N) is 2. The van der Waals surface area contributed by atoms with Gasteiger partial charge < -0.3 is 25.0 Å². The Kier molecular flexibility index (Phi) is 7.13. The number of carbonyl (C=O) groups is 3. The average Bonchev–Trinajstić information content (AvgIpc) is 3.59. The number of likely N-dealkylation sites (tertiary alicyclic amines) is 1. The highest BCUT2D eigenvalue weighted by atomic mass is 16.5. The maximum Gasteiger partial charge on any atom is 0.246 e. The fourth-order valence-electron chi connectivity index (χ4n) is 7.04. The van der Waals surface area contributed by atoms with E-state index in [-0.39, 0.29) is 30.3 Å². The van der Waals surface area contributed by atoms with Crippen molar-refractivity contribution in [3.63, 3.8) is 0 Å². The van der Waals surface area contributed by atoms with Crippen molar-refractivity contribution in [3.8, 4) is 5.75 Å².